The fourth-order valence-corrected chi connectivity index (χ4v) is 7.36. The van der Waals surface area contributed by atoms with Crippen LogP contribution in [0, 0.1) is 0 Å². The van der Waals surface area contributed by atoms with Crippen molar-refractivity contribution in [2.75, 3.05) is 37.4 Å². The molecule has 1 N–H and O–H groups in total. The predicted molar refractivity (Wildman–Crippen MR) is 173 cm³/mol. The van der Waals surface area contributed by atoms with Crippen molar-refractivity contribution < 1.29 is 17.9 Å². The van der Waals surface area contributed by atoms with Gasteiger partial charge in [-0.25, -0.2) is 18.4 Å². The molecule has 1 saturated heterocycles. The summed E-state index contributed by atoms with van der Waals surface area (Å²) in [5, 5.41) is 3.71. The Kier molecular flexibility index (Phi) is 12.3. The number of benzene rings is 1. The molecule has 1 fully saturated rings. The lowest BCUT2D eigenvalue weighted by molar-refractivity contribution is -0.122. The van der Waals surface area contributed by atoms with Gasteiger partial charge in [0.1, 0.15) is 23.0 Å². The Balaban J connectivity index is 1.52. The monoisotopic (exact) mass is 665 g/mol. The maximum atomic E-state index is 13.4. The van der Waals surface area contributed by atoms with Gasteiger partial charge in [0.15, 0.2) is 0 Å². The fraction of sp³-hybridized carbons (Fsp3) is 0.533. The number of amides is 1. The van der Waals surface area contributed by atoms with Crippen LogP contribution in [-0.2, 0) is 14.8 Å². The standard InChI is InChI=1S/C30H41Cl2N7O4S/c1-4-5-6-7-8-9-16-44(41,42)38-14-15-39(28-19-27(32)35-30(36-28)37-13-12-33-21-37)24(20-38)18-29(40)34-22(2)23-10-11-26(43-3)25(31)17-23/h10-13,17,19,21-22,24H,4-9,14-16,18,20H2,1-3H3,(H,34,40). The van der Waals surface area contributed by atoms with Gasteiger partial charge in [-0.2, -0.15) is 9.29 Å². The maximum absolute atomic E-state index is 13.4. The molecule has 0 radical (unpaired) electrons. The van der Waals surface area contributed by atoms with Gasteiger partial charge in [0.05, 0.1) is 30.0 Å². The molecule has 1 aliphatic heterocycles. The lowest BCUT2D eigenvalue weighted by Gasteiger charge is -2.41. The molecule has 3 aromatic rings. The van der Waals surface area contributed by atoms with Crippen molar-refractivity contribution in [3.05, 3.63) is 58.7 Å². The van der Waals surface area contributed by atoms with E-state index in [9.17, 15) is 13.2 Å². The zero-order valence-electron chi connectivity index (χ0n) is 25.5. The topological polar surface area (TPSA) is 123 Å². The van der Waals surface area contributed by atoms with Gasteiger partial charge in [-0.3, -0.25) is 9.36 Å². The molecule has 2 aromatic heterocycles. The number of nitrogens with one attached hydrogen (secondary N) is 1. The summed E-state index contributed by atoms with van der Waals surface area (Å²) in [7, 11) is -1.96. The van der Waals surface area contributed by atoms with Crippen LogP contribution in [0.5, 0.6) is 5.75 Å². The van der Waals surface area contributed by atoms with E-state index < -0.39 is 16.1 Å². The summed E-state index contributed by atoms with van der Waals surface area (Å²) in [6.07, 6.45) is 10.9. The minimum absolute atomic E-state index is 0.0410. The summed E-state index contributed by atoms with van der Waals surface area (Å²) in [4.78, 5) is 28.4. The van der Waals surface area contributed by atoms with E-state index in [2.05, 4.69) is 22.2 Å². The molecule has 1 aliphatic rings. The largest absolute Gasteiger partial charge is 0.495 e. The molecule has 11 nitrogen and oxygen atoms in total. The van der Waals surface area contributed by atoms with Crippen LogP contribution in [0.15, 0.2) is 43.0 Å². The number of hydrogen-bond donors (Lipinski definition) is 1. The first-order chi connectivity index (χ1) is 21.1. The zero-order valence-corrected chi connectivity index (χ0v) is 27.8. The minimum atomic E-state index is -3.50. The second kappa shape index (κ2) is 15.9. The van der Waals surface area contributed by atoms with E-state index >= 15 is 0 Å². The zero-order chi connectivity index (χ0) is 31.7. The maximum Gasteiger partial charge on any atom is 0.238 e. The summed E-state index contributed by atoms with van der Waals surface area (Å²) in [6.45, 7) is 4.79. The second-order valence-corrected chi connectivity index (χ2v) is 13.9. The Bertz CT molecular complexity index is 1490. The van der Waals surface area contributed by atoms with Crippen LogP contribution in [0.4, 0.5) is 5.82 Å². The van der Waals surface area contributed by atoms with Crippen LogP contribution in [0.25, 0.3) is 5.95 Å². The number of ether oxygens (including phenoxy) is 1. The van der Waals surface area contributed by atoms with Gasteiger partial charge in [-0.1, -0.05) is 68.3 Å². The van der Waals surface area contributed by atoms with Crippen molar-refractivity contribution in [1.82, 2.24) is 29.1 Å². The minimum Gasteiger partial charge on any atom is -0.495 e. The number of carbonyl (C=O) groups is 1. The van der Waals surface area contributed by atoms with Crippen molar-refractivity contribution in [3.8, 4) is 11.7 Å². The lowest BCUT2D eigenvalue weighted by Crippen LogP contribution is -2.56. The highest BCUT2D eigenvalue weighted by molar-refractivity contribution is 7.89. The normalized spacial score (nSPS) is 16.6. The van der Waals surface area contributed by atoms with Crippen molar-refractivity contribution in [2.24, 2.45) is 0 Å². The molecule has 1 amide bonds. The van der Waals surface area contributed by atoms with Crippen molar-refractivity contribution in [1.29, 1.82) is 0 Å². The van der Waals surface area contributed by atoms with Gasteiger partial charge in [-0.15, -0.1) is 0 Å². The van der Waals surface area contributed by atoms with Crippen LogP contribution < -0.4 is 15.0 Å². The molecule has 1 aromatic carbocycles. The van der Waals surface area contributed by atoms with Crippen molar-refractivity contribution in [2.45, 2.75) is 70.9 Å². The first kappa shape index (κ1) is 34.0. The summed E-state index contributed by atoms with van der Waals surface area (Å²) in [6, 6.07) is 6.17. The molecule has 0 bridgehead atoms. The molecule has 4 rings (SSSR count). The Morgan fingerprint density at radius 2 is 1.89 bits per heavy atom. The first-order valence-electron chi connectivity index (χ1n) is 15.0. The molecule has 3 heterocycles. The number of anilines is 1. The van der Waals surface area contributed by atoms with E-state index in [0.29, 0.717) is 35.5 Å². The number of aromatic nitrogens is 4. The number of piperazine rings is 1. The van der Waals surface area contributed by atoms with Crippen LogP contribution in [0.2, 0.25) is 10.2 Å². The SMILES string of the molecule is CCCCCCCCS(=O)(=O)N1CCN(c2cc(Cl)nc(-n3ccnc3)n2)C(CC(=O)NC(C)c2ccc(OC)c(Cl)c2)C1. The van der Waals surface area contributed by atoms with Gasteiger partial charge in [0, 0.05) is 44.5 Å². The van der Waals surface area contributed by atoms with E-state index in [0.717, 1.165) is 37.7 Å². The first-order valence-corrected chi connectivity index (χ1v) is 17.4. The molecule has 14 heteroatoms. The van der Waals surface area contributed by atoms with Gasteiger partial charge in [0.2, 0.25) is 21.9 Å². The molecule has 0 spiro atoms. The van der Waals surface area contributed by atoms with E-state index in [-0.39, 0.29) is 42.4 Å². The Labute approximate surface area is 270 Å². The van der Waals surface area contributed by atoms with Gasteiger partial charge in [0.25, 0.3) is 0 Å². The summed E-state index contributed by atoms with van der Waals surface area (Å²) < 4.78 is 35.2. The van der Waals surface area contributed by atoms with Crippen molar-refractivity contribution >= 4 is 45.0 Å². The number of carbonyl (C=O) groups excluding carboxylic acids is 1. The van der Waals surface area contributed by atoms with Crippen LogP contribution >= 0.6 is 23.2 Å². The Hall–Kier alpha value is -2.93. The number of rotatable bonds is 15. The van der Waals surface area contributed by atoms with Gasteiger partial charge >= 0.3 is 0 Å². The highest BCUT2D eigenvalue weighted by atomic mass is 35.5. The average molecular weight is 667 g/mol. The average Bonchev–Trinajstić information content (AvgIpc) is 3.54. The van der Waals surface area contributed by atoms with Crippen LogP contribution in [0.1, 0.15) is 70.4 Å². The Morgan fingerprint density at radius 3 is 2.59 bits per heavy atom. The van der Waals surface area contributed by atoms with E-state index in [1.54, 1.807) is 48.6 Å². The third kappa shape index (κ3) is 9.06. The number of imidazole rings is 1. The summed E-state index contributed by atoms with van der Waals surface area (Å²) in [5.41, 5.74) is 0.820. The predicted octanol–water partition coefficient (Wildman–Crippen LogP) is 5.43. The van der Waals surface area contributed by atoms with E-state index in [4.69, 9.17) is 32.9 Å². The number of halogens is 2. The number of sulfonamides is 1. The fourth-order valence-electron chi connectivity index (χ4n) is 5.33. The van der Waals surface area contributed by atoms with E-state index in [1.807, 2.05) is 17.9 Å². The quantitative estimate of drug-likeness (QED) is 0.169. The summed E-state index contributed by atoms with van der Waals surface area (Å²) in [5.74, 6) is 1.25. The molecule has 0 saturated carbocycles. The second-order valence-electron chi connectivity index (χ2n) is 11.0. The smallest absolute Gasteiger partial charge is 0.238 e. The molecular formula is C30H41Cl2N7O4S. The highest BCUT2D eigenvalue weighted by Crippen LogP contribution is 2.29. The van der Waals surface area contributed by atoms with E-state index in [1.165, 1.54) is 4.31 Å². The third-order valence-electron chi connectivity index (χ3n) is 7.77. The molecule has 2 atom stereocenters. The lowest BCUT2D eigenvalue weighted by atomic mass is 10.1. The van der Waals surface area contributed by atoms with Gasteiger partial charge < -0.3 is 15.0 Å². The van der Waals surface area contributed by atoms with Crippen LogP contribution in [0.3, 0.4) is 0 Å². The highest BCUT2D eigenvalue weighted by Gasteiger charge is 2.35. The molecular weight excluding hydrogens is 625 g/mol. The number of methoxy groups -OCH3 is 1. The number of nitrogens with zero attached hydrogens (tertiary/aromatic N) is 6. The molecule has 0 aliphatic carbocycles. The molecule has 240 valence electrons. The number of hydrogen-bond acceptors (Lipinski definition) is 8. The third-order valence-corrected chi connectivity index (χ3v) is 10.2. The molecule has 2 unspecified atom stereocenters. The summed E-state index contributed by atoms with van der Waals surface area (Å²) >= 11 is 12.7. The van der Waals surface area contributed by atoms with Gasteiger partial charge in [-0.05, 0) is 31.0 Å². The van der Waals surface area contributed by atoms with Crippen molar-refractivity contribution in [3.63, 3.8) is 0 Å². The number of unbranched alkanes of at least 4 members (excludes halogenated alkanes) is 5. The Morgan fingerprint density at radius 1 is 1.11 bits per heavy atom. The van der Waals surface area contributed by atoms with Crippen LogP contribution in [-0.4, -0.2) is 76.7 Å². The molecule has 44 heavy (non-hydrogen) atoms.